The maximum atomic E-state index is 11.3. The van der Waals surface area contributed by atoms with Crippen LogP contribution < -0.4 is 5.32 Å². The minimum Gasteiger partial charge on any atom is -0.319 e. The van der Waals surface area contributed by atoms with Crippen LogP contribution in [0.5, 0.6) is 0 Å². The van der Waals surface area contributed by atoms with Crippen molar-refractivity contribution in [2.45, 2.75) is 19.8 Å². The molecule has 0 spiro atoms. The first-order valence-electron chi connectivity index (χ1n) is 4.59. The quantitative estimate of drug-likeness (QED) is 0.542. The topological polar surface area (TPSA) is 46.2 Å². The highest BCUT2D eigenvalue weighted by molar-refractivity contribution is 6.47. The van der Waals surface area contributed by atoms with Gasteiger partial charge in [0.25, 0.3) is 11.7 Å². The molecule has 0 bridgehead atoms. The first-order valence-corrected chi connectivity index (χ1v) is 4.59. The third-order valence-electron chi connectivity index (χ3n) is 1.91. The van der Waals surface area contributed by atoms with Crippen molar-refractivity contribution >= 4 is 11.7 Å². The molecule has 1 aliphatic heterocycles. The van der Waals surface area contributed by atoms with E-state index in [-0.39, 0.29) is 0 Å². The minimum absolute atomic E-state index is 0.415. The second-order valence-electron chi connectivity index (χ2n) is 3.01. The number of hydrogen-bond acceptors (Lipinski definition) is 2. The number of ketones is 1. The summed E-state index contributed by atoms with van der Waals surface area (Å²) in [5.74, 6) is -1.03. The zero-order valence-electron chi connectivity index (χ0n) is 8.17. The number of amides is 1. The minimum atomic E-state index is -0.555. The van der Waals surface area contributed by atoms with Crippen molar-refractivity contribution in [1.29, 1.82) is 0 Å². The Hall–Kier alpha value is -1.64. The monoisotopic (exact) mass is 191 g/mol. The summed E-state index contributed by atoms with van der Waals surface area (Å²) in [6.07, 6.45) is 6.75. The van der Waals surface area contributed by atoms with Crippen LogP contribution in [0.25, 0.3) is 0 Å². The van der Waals surface area contributed by atoms with Crippen molar-refractivity contribution < 1.29 is 9.59 Å². The van der Waals surface area contributed by atoms with E-state index < -0.39 is 11.7 Å². The van der Waals surface area contributed by atoms with Gasteiger partial charge in [-0.3, -0.25) is 9.59 Å². The van der Waals surface area contributed by atoms with E-state index in [1.807, 2.05) is 13.0 Å². The molecule has 0 saturated carbocycles. The molecule has 14 heavy (non-hydrogen) atoms. The van der Waals surface area contributed by atoms with Crippen molar-refractivity contribution in [2.75, 3.05) is 0 Å². The van der Waals surface area contributed by atoms with Gasteiger partial charge in [-0.05, 0) is 12.5 Å². The summed E-state index contributed by atoms with van der Waals surface area (Å²) in [6.45, 7) is 5.54. The smallest absolute Gasteiger partial charge is 0.296 e. The largest absolute Gasteiger partial charge is 0.319 e. The molecule has 0 unspecified atom stereocenters. The molecule has 3 heteroatoms. The van der Waals surface area contributed by atoms with Crippen LogP contribution >= 0.6 is 0 Å². The summed E-state index contributed by atoms with van der Waals surface area (Å²) in [7, 11) is 0. The second kappa shape index (κ2) is 4.56. The van der Waals surface area contributed by atoms with Crippen LogP contribution in [0.3, 0.4) is 0 Å². The Bertz CT molecular complexity index is 337. The molecular formula is C11H13NO2. The van der Waals surface area contributed by atoms with Crippen LogP contribution in [-0.2, 0) is 9.59 Å². The van der Waals surface area contributed by atoms with E-state index in [1.165, 1.54) is 6.08 Å². The average Bonchev–Trinajstić information content (AvgIpc) is 2.43. The standard InChI is InChI=1S/C11H13NO2/c1-3-5-7-9-8(6-4-2)10(13)11(14)12-9/h4,6-7H,2-3,5H2,1H3,(H,12,14)/b8-6+,9-7+. The molecule has 1 rings (SSSR count). The predicted molar refractivity (Wildman–Crippen MR) is 54.4 cm³/mol. The number of hydrogen-bond donors (Lipinski definition) is 1. The van der Waals surface area contributed by atoms with Gasteiger partial charge in [0, 0.05) is 5.70 Å². The summed E-state index contributed by atoms with van der Waals surface area (Å²) >= 11 is 0. The number of carbonyl (C=O) groups excluding carboxylic acids is 2. The third kappa shape index (κ3) is 1.99. The van der Waals surface area contributed by atoms with Crippen LogP contribution in [0.15, 0.2) is 36.1 Å². The highest BCUT2D eigenvalue weighted by Crippen LogP contribution is 2.16. The van der Waals surface area contributed by atoms with Crippen molar-refractivity contribution in [3.05, 3.63) is 36.1 Å². The number of rotatable bonds is 3. The maximum Gasteiger partial charge on any atom is 0.296 e. The van der Waals surface area contributed by atoms with Gasteiger partial charge in [0.15, 0.2) is 0 Å². The van der Waals surface area contributed by atoms with Gasteiger partial charge in [-0.2, -0.15) is 0 Å². The second-order valence-corrected chi connectivity index (χ2v) is 3.01. The number of nitrogens with one attached hydrogen (secondary N) is 1. The van der Waals surface area contributed by atoms with Gasteiger partial charge in [0.2, 0.25) is 0 Å². The summed E-state index contributed by atoms with van der Waals surface area (Å²) < 4.78 is 0. The lowest BCUT2D eigenvalue weighted by molar-refractivity contribution is -0.133. The van der Waals surface area contributed by atoms with E-state index in [4.69, 9.17) is 0 Å². The van der Waals surface area contributed by atoms with E-state index in [2.05, 4.69) is 11.9 Å². The van der Waals surface area contributed by atoms with Crippen molar-refractivity contribution in [2.24, 2.45) is 0 Å². The van der Waals surface area contributed by atoms with Crippen molar-refractivity contribution in [3.63, 3.8) is 0 Å². The molecule has 1 N–H and O–H groups in total. The summed E-state index contributed by atoms with van der Waals surface area (Å²) in [4.78, 5) is 22.4. The number of unbranched alkanes of at least 4 members (excludes halogenated alkanes) is 1. The Labute approximate surface area is 83.2 Å². The molecule has 1 amide bonds. The molecule has 0 aliphatic carbocycles. The fraction of sp³-hybridized carbons (Fsp3) is 0.273. The van der Waals surface area contributed by atoms with Crippen LogP contribution in [0.2, 0.25) is 0 Å². The zero-order valence-corrected chi connectivity index (χ0v) is 8.17. The SMILES string of the molecule is C=C/C=C1/C(=O)C(=O)N/C1=C/CCC. The van der Waals surface area contributed by atoms with Gasteiger partial charge in [-0.1, -0.05) is 32.1 Å². The van der Waals surface area contributed by atoms with E-state index in [9.17, 15) is 9.59 Å². The first kappa shape index (κ1) is 10.4. The van der Waals surface area contributed by atoms with Gasteiger partial charge in [-0.25, -0.2) is 0 Å². The van der Waals surface area contributed by atoms with E-state index in [0.717, 1.165) is 12.8 Å². The predicted octanol–water partition coefficient (Wildman–Crippen LogP) is 1.48. The first-order chi connectivity index (χ1) is 6.70. The number of allylic oxidation sites excluding steroid dienone is 4. The van der Waals surface area contributed by atoms with Crippen LogP contribution in [-0.4, -0.2) is 11.7 Å². The lowest BCUT2D eigenvalue weighted by atomic mass is 10.1. The molecule has 0 atom stereocenters. The molecule has 1 saturated heterocycles. The number of carbonyl (C=O) groups is 2. The van der Waals surface area contributed by atoms with Crippen LogP contribution in [0.1, 0.15) is 19.8 Å². The lowest BCUT2D eigenvalue weighted by Gasteiger charge is -1.96. The normalized spacial score (nSPS) is 21.8. The molecule has 1 fully saturated rings. The summed E-state index contributed by atoms with van der Waals surface area (Å²) in [6, 6.07) is 0. The molecule has 1 heterocycles. The van der Waals surface area contributed by atoms with Crippen LogP contribution in [0, 0.1) is 0 Å². The molecule has 0 aromatic carbocycles. The lowest BCUT2D eigenvalue weighted by Crippen LogP contribution is -2.17. The summed E-state index contributed by atoms with van der Waals surface area (Å²) in [5.41, 5.74) is 1.03. The van der Waals surface area contributed by atoms with E-state index in [1.54, 1.807) is 6.08 Å². The molecule has 3 nitrogen and oxygen atoms in total. The number of Topliss-reactive ketones (excluding diaryl/α,β-unsaturated/α-hetero) is 1. The summed E-state index contributed by atoms with van der Waals surface area (Å²) in [5, 5.41) is 2.53. The molecular weight excluding hydrogens is 178 g/mol. The molecule has 0 radical (unpaired) electrons. The molecule has 0 aromatic heterocycles. The van der Waals surface area contributed by atoms with E-state index in [0.29, 0.717) is 11.3 Å². The zero-order chi connectivity index (χ0) is 10.6. The average molecular weight is 191 g/mol. The van der Waals surface area contributed by atoms with E-state index >= 15 is 0 Å². The highest BCUT2D eigenvalue weighted by Gasteiger charge is 2.29. The molecule has 1 aliphatic rings. The Balaban J connectivity index is 2.97. The molecule has 0 aromatic rings. The maximum absolute atomic E-state index is 11.3. The fourth-order valence-electron chi connectivity index (χ4n) is 1.22. The van der Waals surface area contributed by atoms with Gasteiger partial charge < -0.3 is 5.32 Å². The Kier molecular flexibility index (Phi) is 3.40. The van der Waals surface area contributed by atoms with Gasteiger partial charge in [-0.15, -0.1) is 0 Å². The Morgan fingerprint density at radius 2 is 2.14 bits per heavy atom. The Morgan fingerprint density at radius 3 is 2.71 bits per heavy atom. The van der Waals surface area contributed by atoms with Crippen molar-refractivity contribution in [1.82, 2.24) is 5.32 Å². The molecule has 74 valence electrons. The van der Waals surface area contributed by atoms with Gasteiger partial charge >= 0.3 is 0 Å². The Morgan fingerprint density at radius 1 is 1.43 bits per heavy atom. The third-order valence-corrected chi connectivity index (χ3v) is 1.91. The van der Waals surface area contributed by atoms with Gasteiger partial charge in [0.05, 0.1) is 5.57 Å². The van der Waals surface area contributed by atoms with Crippen LogP contribution in [0.4, 0.5) is 0 Å². The highest BCUT2D eigenvalue weighted by atomic mass is 16.2. The van der Waals surface area contributed by atoms with Gasteiger partial charge in [0.1, 0.15) is 0 Å². The van der Waals surface area contributed by atoms with Crippen molar-refractivity contribution in [3.8, 4) is 0 Å². The fourth-order valence-corrected chi connectivity index (χ4v) is 1.22.